The van der Waals surface area contributed by atoms with Crippen molar-refractivity contribution in [2.45, 2.75) is 11.1 Å². The van der Waals surface area contributed by atoms with Gasteiger partial charge < -0.3 is 4.57 Å². The third-order valence-electron chi connectivity index (χ3n) is 5.88. The quantitative estimate of drug-likeness (QED) is 0.259. The summed E-state index contributed by atoms with van der Waals surface area (Å²) < 4.78 is 72.9. The SMILES string of the molecule is Cn1c(-c2ccccc2C(F)(F)F)nc(-c2ncsn2)c1-c1ccc(-c2ccccc2)c(S(C)(=O)=O)c1. The number of aromatic nitrogens is 4. The van der Waals surface area contributed by atoms with Gasteiger partial charge in [0.25, 0.3) is 0 Å². The van der Waals surface area contributed by atoms with Crippen molar-refractivity contribution in [3.8, 4) is 45.3 Å². The van der Waals surface area contributed by atoms with Crippen LogP contribution in [-0.2, 0) is 23.1 Å². The Labute approximate surface area is 215 Å². The first-order valence-corrected chi connectivity index (χ1v) is 13.7. The topological polar surface area (TPSA) is 77.7 Å². The molecule has 0 aliphatic rings. The molecule has 0 N–H and O–H groups in total. The lowest BCUT2D eigenvalue weighted by molar-refractivity contribution is -0.137. The highest BCUT2D eigenvalue weighted by molar-refractivity contribution is 7.90. The summed E-state index contributed by atoms with van der Waals surface area (Å²) in [6.45, 7) is 0. The molecule has 0 amide bonds. The van der Waals surface area contributed by atoms with Crippen molar-refractivity contribution in [1.29, 1.82) is 0 Å². The molecule has 188 valence electrons. The molecule has 0 atom stereocenters. The van der Waals surface area contributed by atoms with Gasteiger partial charge in [-0.25, -0.2) is 18.4 Å². The molecule has 5 rings (SSSR count). The number of sulfone groups is 1. The monoisotopic (exact) mass is 540 g/mol. The van der Waals surface area contributed by atoms with E-state index in [-0.39, 0.29) is 27.8 Å². The largest absolute Gasteiger partial charge is 0.417 e. The molecule has 6 nitrogen and oxygen atoms in total. The fourth-order valence-corrected chi connectivity index (χ4v) is 5.61. The van der Waals surface area contributed by atoms with Gasteiger partial charge in [0.2, 0.25) is 0 Å². The second-order valence-corrected chi connectivity index (χ2v) is 10.9. The van der Waals surface area contributed by atoms with Crippen molar-refractivity contribution in [1.82, 2.24) is 18.9 Å². The lowest BCUT2D eigenvalue weighted by Crippen LogP contribution is -2.08. The van der Waals surface area contributed by atoms with Crippen molar-refractivity contribution >= 4 is 21.4 Å². The van der Waals surface area contributed by atoms with Crippen molar-refractivity contribution in [2.24, 2.45) is 7.05 Å². The Morgan fingerprint density at radius 1 is 0.892 bits per heavy atom. The van der Waals surface area contributed by atoms with E-state index in [1.54, 1.807) is 19.2 Å². The zero-order chi connectivity index (χ0) is 26.4. The third-order valence-corrected chi connectivity index (χ3v) is 7.50. The fraction of sp³-hybridized carbons (Fsp3) is 0.115. The van der Waals surface area contributed by atoms with Crippen LogP contribution in [0.4, 0.5) is 13.2 Å². The average Bonchev–Trinajstić information content (AvgIpc) is 3.51. The van der Waals surface area contributed by atoms with Crippen molar-refractivity contribution < 1.29 is 21.6 Å². The number of hydrogen-bond donors (Lipinski definition) is 0. The maximum absolute atomic E-state index is 13.8. The lowest BCUT2D eigenvalue weighted by atomic mass is 10.0. The predicted octanol–water partition coefficient (Wildman–Crippen LogP) is 6.36. The molecule has 37 heavy (non-hydrogen) atoms. The number of nitrogens with zero attached hydrogens (tertiary/aromatic N) is 4. The van der Waals surface area contributed by atoms with Crippen molar-refractivity contribution in [3.05, 3.63) is 83.9 Å². The summed E-state index contributed by atoms with van der Waals surface area (Å²) >= 11 is 1.08. The Morgan fingerprint density at radius 3 is 2.24 bits per heavy atom. The highest BCUT2D eigenvalue weighted by Gasteiger charge is 2.35. The minimum atomic E-state index is -4.59. The molecule has 0 unspecified atom stereocenters. The highest BCUT2D eigenvalue weighted by Crippen LogP contribution is 2.41. The molecular weight excluding hydrogens is 521 g/mol. The van der Waals surface area contributed by atoms with Crippen LogP contribution in [-0.4, -0.2) is 33.6 Å². The summed E-state index contributed by atoms with van der Waals surface area (Å²) in [6, 6.07) is 19.2. The molecule has 2 heterocycles. The first-order valence-electron chi connectivity index (χ1n) is 11.0. The molecule has 3 aromatic carbocycles. The molecule has 11 heteroatoms. The van der Waals surface area contributed by atoms with E-state index in [0.29, 0.717) is 16.8 Å². The van der Waals surface area contributed by atoms with Crippen LogP contribution in [0, 0.1) is 0 Å². The van der Waals surface area contributed by atoms with Crippen LogP contribution in [0.15, 0.2) is 83.2 Å². The van der Waals surface area contributed by atoms with Crippen LogP contribution in [0.3, 0.4) is 0 Å². The van der Waals surface area contributed by atoms with Gasteiger partial charge in [-0.05, 0) is 29.2 Å². The Hall–Kier alpha value is -3.83. The number of rotatable bonds is 5. The van der Waals surface area contributed by atoms with Crippen molar-refractivity contribution in [2.75, 3.05) is 6.26 Å². The number of imidazole rings is 1. The molecule has 0 spiro atoms. The van der Waals surface area contributed by atoms with Gasteiger partial charge in [0, 0.05) is 30.0 Å². The molecule has 0 aliphatic carbocycles. The minimum Gasteiger partial charge on any atom is -0.326 e. The smallest absolute Gasteiger partial charge is 0.326 e. The Balaban J connectivity index is 1.79. The van der Waals surface area contributed by atoms with Gasteiger partial charge >= 0.3 is 6.18 Å². The predicted molar refractivity (Wildman–Crippen MR) is 137 cm³/mol. The van der Waals surface area contributed by atoms with E-state index in [1.807, 2.05) is 30.3 Å². The van der Waals surface area contributed by atoms with Crippen molar-refractivity contribution in [3.63, 3.8) is 0 Å². The molecule has 0 bridgehead atoms. The summed E-state index contributed by atoms with van der Waals surface area (Å²) in [5.41, 5.74) is 2.91. The number of alkyl halides is 3. The van der Waals surface area contributed by atoms with Gasteiger partial charge in [-0.3, -0.25) is 0 Å². The average molecular weight is 541 g/mol. The Kier molecular flexibility index (Phi) is 6.20. The van der Waals surface area contributed by atoms with Gasteiger partial charge in [0.15, 0.2) is 15.7 Å². The molecule has 0 fully saturated rings. The second kappa shape index (κ2) is 9.24. The van der Waals surface area contributed by atoms with E-state index in [4.69, 9.17) is 0 Å². The Bertz CT molecular complexity index is 1700. The molecule has 0 saturated carbocycles. The maximum Gasteiger partial charge on any atom is 0.417 e. The number of hydrogen-bond acceptors (Lipinski definition) is 6. The van der Waals surface area contributed by atoms with Gasteiger partial charge in [0.1, 0.15) is 17.0 Å². The third kappa shape index (κ3) is 4.67. The van der Waals surface area contributed by atoms with E-state index in [9.17, 15) is 21.6 Å². The molecule has 0 aliphatic heterocycles. The van der Waals surface area contributed by atoms with Crippen LogP contribution in [0.5, 0.6) is 0 Å². The second-order valence-electron chi connectivity index (χ2n) is 8.34. The van der Waals surface area contributed by atoms with Crippen LogP contribution >= 0.6 is 11.5 Å². The molecular formula is C26H19F3N4O2S2. The Morgan fingerprint density at radius 2 is 1.59 bits per heavy atom. The van der Waals surface area contributed by atoms with Crippen LogP contribution in [0.25, 0.3) is 45.3 Å². The van der Waals surface area contributed by atoms with E-state index in [1.165, 1.54) is 34.3 Å². The van der Waals surface area contributed by atoms with Gasteiger partial charge in [-0.2, -0.15) is 17.5 Å². The zero-order valence-electron chi connectivity index (χ0n) is 19.6. The number of benzene rings is 3. The standard InChI is InChI=1S/C26H19F3N4O2S2/c1-33-23(17-12-13-18(16-8-4-3-5-9-16)21(14-17)37(2,34)35)22(24-30-15-36-32-24)31-25(33)19-10-6-7-11-20(19)26(27,28)29/h3-15H,1-2H3. The summed E-state index contributed by atoms with van der Waals surface area (Å²) in [7, 11) is -2.08. The first kappa shape index (κ1) is 24.8. The van der Waals surface area contributed by atoms with Crippen LogP contribution < -0.4 is 0 Å². The summed E-state index contributed by atoms with van der Waals surface area (Å²) in [4.78, 5) is 8.85. The summed E-state index contributed by atoms with van der Waals surface area (Å²) in [5.74, 6) is 0.292. The van der Waals surface area contributed by atoms with E-state index in [2.05, 4.69) is 14.3 Å². The molecule has 5 aromatic rings. The number of halogens is 3. The van der Waals surface area contributed by atoms with Crippen LogP contribution in [0.2, 0.25) is 0 Å². The van der Waals surface area contributed by atoms with E-state index >= 15 is 0 Å². The molecule has 0 radical (unpaired) electrons. The van der Waals surface area contributed by atoms with Crippen LogP contribution in [0.1, 0.15) is 5.56 Å². The van der Waals surface area contributed by atoms with E-state index in [0.717, 1.165) is 29.4 Å². The molecule has 2 aromatic heterocycles. The fourth-order valence-electron chi connectivity index (χ4n) is 4.26. The highest BCUT2D eigenvalue weighted by atomic mass is 32.2. The maximum atomic E-state index is 13.8. The minimum absolute atomic E-state index is 0.0563. The van der Waals surface area contributed by atoms with Gasteiger partial charge in [-0.15, -0.1) is 0 Å². The summed E-state index contributed by atoms with van der Waals surface area (Å²) in [6.07, 6.45) is -3.47. The lowest BCUT2D eigenvalue weighted by Gasteiger charge is -2.14. The zero-order valence-corrected chi connectivity index (χ0v) is 21.2. The van der Waals surface area contributed by atoms with Gasteiger partial charge in [-0.1, -0.05) is 60.7 Å². The first-order chi connectivity index (χ1) is 17.6. The van der Waals surface area contributed by atoms with E-state index < -0.39 is 21.6 Å². The summed E-state index contributed by atoms with van der Waals surface area (Å²) in [5, 5.41) is 0. The normalized spacial score (nSPS) is 12.1. The van der Waals surface area contributed by atoms with Gasteiger partial charge in [0.05, 0.1) is 16.2 Å². The molecule has 0 saturated heterocycles.